The minimum absolute atomic E-state index is 0.160. The molecule has 1 aromatic carbocycles. The van der Waals surface area contributed by atoms with Crippen molar-refractivity contribution in [2.45, 2.75) is 32.4 Å². The third-order valence-corrected chi connectivity index (χ3v) is 4.76. The highest BCUT2D eigenvalue weighted by molar-refractivity contribution is 6.76. The maximum atomic E-state index is 5.95. The first kappa shape index (κ1) is 12.4. The number of hydrogen-bond acceptors (Lipinski definition) is 1. The van der Waals surface area contributed by atoms with Crippen LogP contribution in [0.4, 0.5) is 0 Å². The van der Waals surface area contributed by atoms with Gasteiger partial charge in [0.2, 0.25) is 0 Å². The summed E-state index contributed by atoms with van der Waals surface area (Å²) in [6.07, 6.45) is 3.33. The topological polar surface area (TPSA) is 14.2 Å². The predicted molar refractivity (Wildman–Crippen MR) is 74.8 cm³/mol. The minimum Gasteiger partial charge on any atom is -0.362 e. The zero-order valence-electron chi connectivity index (χ0n) is 11.0. The Morgan fingerprint density at radius 2 is 2.00 bits per heavy atom. The molecule has 0 saturated carbocycles. The van der Waals surface area contributed by atoms with E-state index in [2.05, 4.69) is 61.6 Å². The third-order valence-electron chi connectivity index (χ3n) is 2.86. The van der Waals surface area contributed by atoms with Crippen molar-refractivity contribution in [3.05, 3.63) is 36.5 Å². The van der Waals surface area contributed by atoms with Crippen LogP contribution in [-0.4, -0.2) is 19.2 Å². The summed E-state index contributed by atoms with van der Waals surface area (Å²) in [5.74, 6) is 0.160. The predicted octanol–water partition coefficient (Wildman–Crippen LogP) is 3.85. The molecule has 2 aromatic rings. The average molecular weight is 246 g/mol. The standard InChI is InChI=1S/C14H20NOSi/c1-5-16-14(17(2,3)4)15-11-10-12-8-6-7-9-13(12)15/h6-10,14H,5H2,1-4H3. The van der Waals surface area contributed by atoms with Crippen molar-refractivity contribution in [1.82, 2.24) is 4.57 Å². The summed E-state index contributed by atoms with van der Waals surface area (Å²) < 4.78 is 8.12. The van der Waals surface area contributed by atoms with E-state index in [0.29, 0.717) is 0 Å². The summed E-state index contributed by atoms with van der Waals surface area (Å²) in [5.41, 5.74) is 1.22. The molecule has 17 heavy (non-hydrogen) atoms. The fraction of sp³-hybridized carbons (Fsp3) is 0.429. The van der Waals surface area contributed by atoms with Gasteiger partial charge in [0.15, 0.2) is 0 Å². The van der Waals surface area contributed by atoms with Crippen molar-refractivity contribution < 1.29 is 4.74 Å². The highest BCUT2D eigenvalue weighted by Crippen LogP contribution is 2.27. The quantitative estimate of drug-likeness (QED) is 0.747. The summed E-state index contributed by atoms with van der Waals surface area (Å²) >= 11 is 0. The second-order valence-electron chi connectivity index (χ2n) is 5.38. The number of aromatic nitrogens is 1. The van der Waals surface area contributed by atoms with Gasteiger partial charge in [0, 0.05) is 12.0 Å². The summed E-state index contributed by atoms with van der Waals surface area (Å²) in [6.45, 7) is 9.79. The van der Waals surface area contributed by atoms with Crippen LogP contribution in [0.25, 0.3) is 10.9 Å². The van der Waals surface area contributed by atoms with Crippen molar-refractivity contribution in [2.75, 3.05) is 6.61 Å². The van der Waals surface area contributed by atoms with Crippen LogP contribution in [0.3, 0.4) is 0 Å². The Bertz CT molecular complexity index is 498. The molecule has 0 aliphatic rings. The zero-order chi connectivity index (χ0) is 12.5. The van der Waals surface area contributed by atoms with E-state index in [4.69, 9.17) is 4.74 Å². The molecular weight excluding hydrogens is 226 g/mol. The lowest BCUT2D eigenvalue weighted by Gasteiger charge is -2.30. The van der Waals surface area contributed by atoms with E-state index in [9.17, 15) is 0 Å². The molecule has 1 aromatic heterocycles. The van der Waals surface area contributed by atoms with E-state index < -0.39 is 8.07 Å². The van der Waals surface area contributed by atoms with E-state index in [1.165, 1.54) is 10.9 Å². The molecule has 0 fully saturated rings. The van der Waals surface area contributed by atoms with Crippen LogP contribution in [-0.2, 0) is 4.74 Å². The molecule has 2 rings (SSSR count). The Balaban J connectivity index is 2.49. The van der Waals surface area contributed by atoms with Gasteiger partial charge < -0.3 is 9.30 Å². The van der Waals surface area contributed by atoms with E-state index in [1.54, 1.807) is 0 Å². The molecule has 0 saturated heterocycles. The first-order chi connectivity index (χ1) is 8.04. The lowest BCUT2D eigenvalue weighted by molar-refractivity contribution is 0.0664. The van der Waals surface area contributed by atoms with E-state index in [-0.39, 0.29) is 5.85 Å². The Morgan fingerprint density at radius 3 is 2.65 bits per heavy atom. The van der Waals surface area contributed by atoms with Gasteiger partial charge in [0.1, 0.15) is 13.9 Å². The molecule has 1 atom stereocenters. The molecule has 1 radical (unpaired) electrons. The largest absolute Gasteiger partial charge is 0.362 e. The van der Waals surface area contributed by atoms with Crippen molar-refractivity contribution in [2.24, 2.45) is 0 Å². The van der Waals surface area contributed by atoms with Gasteiger partial charge in [-0.2, -0.15) is 0 Å². The lowest BCUT2D eigenvalue weighted by atomic mass is 10.2. The number of benzene rings is 1. The maximum absolute atomic E-state index is 5.95. The SMILES string of the molecule is CCOC(n1[c]cc2ccccc21)[Si](C)(C)C. The first-order valence-corrected chi connectivity index (χ1v) is 9.71. The van der Waals surface area contributed by atoms with Crippen molar-refractivity contribution >= 4 is 19.0 Å². The van der Waals surface area contributed by atoms with Gasteiger partial charge >= 0.3 is 0 Å². The Labute approximate surface area is 104 Å². The number of ether oxygens (including phenoxy) is 1. The van der Waals surface area contributed by atoms with Gasteiger partial charge in [0.25, 0.3) is 0 Å². The Kier molecular flexibility index (Phi) is 3.40. The van der Waals surface area contributed by atoms with Crippen LogP contribution >= 0.6 is 0 Å². The number of rotatable bonds is 4. The molecule has 0 aliphatic heterocycles. The molecular formula is C14H20NOSi. The van der Waals surface area contributed by atoms with Gasteiger partial charge in [-0.15, -0.1) is 0 Å². The highest BCUT2D eigenvalue weighted by Gasteiger charge is 2.29. The summed E-state index contributed by atoms with van der Waals surface area (Å²) in [7, 11) is -1.42. The van der Waals surface area contributed by atoms with E-state index in [0.717, 1.165) is 6.61 Å². The molecule has 0 aliphatic carbocycles. The van der Waals surface area contributed by atoms with Crippen LogP contribution in [0.5, 0.6) is 0 Å². The minimum atomic E-state index is -1.42. The van der Waals surface area contributed by atoms with Crippen molar-refractivity contribution in [3.8, 4) is 0 Å². The van der Waals surface area contributed by atoms with Crippen LogP contribution in [0, 0.1) is 6.20 Å². The molecule has 0 bridgehead atoms. The van der Waals surface area contributed by atoms with Gasteiger partial charge in [-0.25, -0.2) is 0 Å². The molecule has 1 heterocycles. The number of hydrogen-bond donors (Lipinski definition) is 0. The van der Waals surface area contributed by atoms with Crippen LogP contribution in [0.2, 0.25) is 19.6 Å². The highest BCUT2D eigenvalue weighted by atomic mass is 28.3. The monoisotopic (exact) mass is 246 g/mol. The number of fused-ring (bicyclic) bond motifs is 1. The van der Waals surface area contributed by atoms with Gasteiger partial charge in [-0.1, -0.05) is 37.8 Å². The smallest absolute Gasteiger partial charge is 0.119 e. The fourth-order valence-electron chi connectivity index (χ4n) is 2.10. The summed E-state index contributed by atoms with van der Waals surface area (Å²) in [5, 5.41) is 1.23. The second kappa shape index (κ2) is 4.67. The second-order valence-corrected chi connectivity index (χ2v) is 10.6. The Morgan fingerprint density at radius 1 is 1.29 bits per heavy atom. The third kappa shape index (κ3) is 2.45. The molecule has 1 unspecified atom stereocenters. The van der Waals surface area contributed by atoms with E-state index in [1.807, 2.05) is 6.07 Å². The zero-order valence-corrected chi connectivity index (χ0v) is 12.0. The van der Waals surface area contributed by atoms with Crippen molar-refractivity contribution in [1.29, 1.82) is 0 Å². The molecule has 3 heteroatoms. The molecule has 0 N–H and O–H groups in total. The van der Waals surface area contributed by atoms with Crippen molar-refractivity contribution in [3.63, 3.8) is 0 Å². The van der Waals surface area contributed by atoms with Gasteiger partial charge in [0.05, 0.1) is 11.7 Å². The summed E-state index contributed by atoms with van der Waals surface area (Å²) in [4.78, 5) is 0. The molecule has 0 spiro atoms. The van der Waals surface area contributed by atoms with Crippen LogP contribution in [0.1, 0.15) is 12.8 Å². The molecule has 0 amide bonds. The van der Waals surface area contributed by atoms with Gasteiger partial charge in [-0.3, -0.25) is 0 Å². The normalized spacial score (nSPS) is 14.1. The van der Waals surface area contributed by atoms with Crippen LogP contribution in [0.15, 0.2) is 30.3 Å². The first-order valence-electron chi connectivity index (χ1n) is 6.13. The number of para-hydroxylation sites is 1. The maximum Gasteiger partial charge on any atom is 0.119 e. The van der Waals surface area contributed by atoms with Crippen LogP contribution < -0.4 is 0 Å². The lowest BCUT2D eigenvalue weighted by Crippen LogP contribution is -2.37. The molecule has 2 nitrogen and oxygen atoms in total. The van der Waals surface area contributed by atoms with Gasteiger partial charge in [-0.05, 0) is 19.1 Å². The molecule has 91 valence electrons. The number of nitrogens with zero attached hydrogens (tertiary/aromatic N) is 1. The fourth-order valence-corrected chi connectivity index (χ4v) is 3.76. The Hall–Kier alpha value is -1.06. The van der Waals surface area contributed by atoms with E-state index >= 15 is 0 Å². The average Bonchev–Trinajstić information content (AvgIpc) is 2.68. The summed E-state index contributed by atoms with van der Waals surface area (Å²) in [6, 6.07) is 10.4.